The summed E-state index contributed by atoms with van der Waals surface area (Å²) in [6.45, 7) is 2.84. The van der Waals surface area contributed by atoms with Crippen molar-refractivity contribution >= 4 is 28.3 Å². The number of nitrogens with two attached hydrogens (primary N) is 1. The predicted octanol–water partition coefficient (Wildman–Crippen LogP) is 1.16. The predicted molar refractivity (Wildman–Crippen MR) is 95.9 cm³/mol. The van der Waals surface area contributed by atoms with E-state index >= 15 is 0 Å². The van der Waals surface area contributed by atoms with Crippen LogP contribution >= 0.6 is 12.4 Å². The quantitative estimate of drug-likeness (QED) is 0.528. The third-order valence-corrected chi connectivity index (χ3v) is 4.74. The summed E-state index contributed by atoms with van der Waals surface area (Å²) in [4.78, 5) is 11.5. The van der Waals surface area contributed by atoms with Gasteiger partial charge in [-0.05, 0) is 37.6 Å². The zero-order valence-electron chi connectivity index (χ0n) is 14.0. The molecule has 0 aliphatic heterocycles. The lowest BCUT2D eigenvalue weighted by molar-refractivity contribution is -0.120. The van der Waals surface area contributed by atoms with E-state index in [0.717, 1.165) is 6.42 Å². The van der Waals surface area contributed by atoms with Crippen molar-refractivity contribution in [3.05, 3.63) is 23.8 Å². The van der Waals surface area contributed by atoms with E-state index < -0.39 is 10.0 Å². The molecule has 1 aromatic rings. The van der Waals surface area contributed by atoms with Crippen LogP contribution in [0.25, 0.3) is 0 Å². The molecule has 7 nitrogen and oxygen atoms in total. The number of hydrogen-bond acceptors (Lipinski definition) is 5. The molecule has 24 heavy (non-hydrogen) atoms. The Hall–Kier alpha value is -1.35. The van der Waals surface area contributed by atoms with Crippen molar-refractivity contribution < 1.29 is 17.9 Å². The highest BCUT2D eigenvalue weighted by atomic mass is 35.5. The van der Waals surface area contributed by atoms with Gasteiger partial charge in [-0.2, -0.15) is 0 Å². The van der Waals surface area contributed by atoms with Crippen LogP contribution in [0.15, 0.2) is 23.1 Å². The topological polar surface area (TPSA) is 111 Å². The molecule has 0 fully saturated rings. The molecular formula is C15H26ClN3O4S. The fourth-order valence-electron chi connectivity index (χ4n) is 1.94. The number of methoxy groups -OCH3 is 1. The number of rotatable bonds is 10. The second-order valence-corrected chi connectivity index (χ2v) is 6.76. The van der Waals surface area contributed by atoms with Gasteiger partial charge in [-0.15, -0.1) is 12.4 Å². The Labute approximate surface area is 149 Å². The van der Waals surface area contributed by atoms with Gasteiger partial charge in [0.15, 0.2) is 0 Å². The summed E-state index contributed by atoms with van der Waals surface area (Å²) in [5, 5.41) is 2.71. The Morgan fingerprint density at radius 1 is 1.29 bits per heavy atom. The molecule has 0 spiro atoms. The zero-order valence-corrected chi connectivity index (χ0v) is 15.6. The Morgan fingerprint density at radius 2 is 2.00 bits per heavy atom. The summed E-state index contributed by atoms with van der Waals surface area (Å²) >= 11 is 0. The molecule has 0 aromatic heterocycles. The van der Waals surface area contributed by atoms with E-state index in [2.05, 4.69) is 10.0 Å². The second kappa shape index (κ2) is 11.2. The van der Waals surface area contributed by atoms with E-state index in [0.29, 0.717) is 37.2 Å². The second-order valence-electron chi connectivity index (χ2n) is 5.00. The first kappa shape index (κ1) is 22.6. The fourth-order valence-corrected chi connectivity index (χ4v) is 3.06. The maximum atomic E-state index is 12.3. The summed E-state index contributed by atoms with van der Waals surface area (Å²) in [6.07, 6.45) is 1.81. The molecule has 1 amide bonds. The summed E-state index contributed by atoms with van der Waals surface area (Å²) in [6, 6.07) is 4.58. The number of ether oxygens (including phenoxy) is 1. The summed E-state index contributed by atoms with van der Waals surface area (Å²) in [5.74, 6) is 0.420. The molecule has 0 unspecified atom stereocenters. The van der Waals surface area contributed by atoms with E-state index in [1.54, 1.807) is 13.0 Å². The van der Waals surface area contributed by atoms with Crippen LogP contribution in [-0.4, -0.2) is 34.5 Å². The van der Waals surface area contributed by atoms with Gasteiger partial charge in [0.05, 0.1) is 12.0 Å². The third-order valence-electron chi connectivity index (χ3n) is 3.28. The minimum atomic E-state index is -3.59. The average Bonchev–Trinajstić information content (AvgIpc) is 2.56. The molecule has 0 saturated carbocycles. The smallest absolute Gasteiger partial charge is 0.240 e. The normalized spacial score (nSPS) is 10.8. The highest BCUT2D eigenvalue weighted by Gasteiger charge is 2.16. The lowest BCUT2D eigenvalue weighted by Crippen LogP contribution is -2.26. The van der Waals surface area contributed by atoms with E-state index in [1.807, 2.05) is 0 Å². The van der Waals surface area contributed by atoms with Crippen molar-refractivity contribution in [1.82, 2.24) is 10.0 Å². The van der Waals surface area contributed by atoms with Crippen LogP contribution in [0.5, 0.6) is 5.75 Å². The summed E-state index contributed by atoms with van der Waals surface area (Å²) in [7, 11) is -2.09. The largest absolute Gasteiger partial charge is 0.496 e. The van der Waals surface area contributed by atoms with Gasteiger partial charge in [-0.1, -0.05) is 6.92 Å². The van der Waals surface area contributed by atoms with Crippen LogP contribution in [0.3, 0.4) is 0 Å². The van der Waals surface area contributed by atoms with Crippen molar-refractivity contribution in [2.45, 2.75) is 37.6 Å². The first-order valence-electron chi connectivity index (χ1n) is 7.58. The number of hydrogen-bond donors (Lipinski definition) is 3. The minimum Gasteiger partial charge on any atom is -0.496 e. The third kappa shape index (κ3) is 7.04. The SMILES string of the molecule is CCC(=O)NCc1cc(S(=O)(=O)NCCCCN)ccc1OC.Cl. The maximum absolute atomic E-state index is 12.3. The Bertz CT molecular complexity index is 623. The molecule has 0 aliphatic rings. The maximum Gasteiger partial charge on any atom is 0.240 e. The summed E-state index contributed by atoms with van der Waals surface area (Å²) < 4.78 is 32.3. The molecule has 0 aliphatic carbocycles. The molecule has 0 atom stereocenters. The Kier molecular flexibility index (Phi) is 10.6. The Balaban J connectivity index is 0.00000529. The van der Waals surface area contributed by atoms with Gasteiger partial charge in [0.1, 0.15) is 5.75 Å². The number of halogens is 1. The number of benzene rings is 1. The van der Waals surface area contributed by atoms with Gasteiger partial charge in [-0.25, -0.2) is 13.1 Å². The van der Waals surface area contributed by atoms with Crippen LogP contribution < -0.4 is 20.5 Å². The first-order valence-corrected chi connectivity index (χ1v) is 9.06. The Morgan fingerprint density at radius 3 is 2.58 bits per heavy atom. The van der Waals surface area contributed by atoms with Gasteiger partial charge in [0.2, 0.25) is 15.9 Å². The van der Waals surface area contributed by atoms with Crippen LogP contribution in [0, 0.1) is 0 Å². The molecule has 138 valence electrons. The molecule has 0 saturated heterocycles. The first-order chi connectivity index (χ1) is 10.9. The molecule has 0 bridgehead atoms. The molecule has 0 radical (unpaired) electrons. The number of amides is 1. The number of unbranched alkanes of at least 4 members (excludes halogenated alkanes) is 1. The average molecular weight is 380 g/mol. The highest BCUT2D eigenvalue weighted by molar-refractivity contribution is 7.89. The van der Waals surface area contributed by atoms with Crippen LogP contribution in [0.4, 0.5) is 0 Å². The van der Waals surface area contributed by atoms with Gasteiger partial charge < -0.3 is 15.8 Å². The van der Waals surface area contributed by atoms with Crippen molar-refractivity contribution in [1.29, 1.82) is 0 Å². The fraction of sp³-hybridized carbons (Fsp3) is 0.533. The van der Waals surface area contributed by atoms with E-state index in [1.165, 1.54) is 19.2 Å². The lowest BCUT2D eigenvalue weighted by Gasteiger charge is -2.12. The molecular weight excluding hydrogens is 354 g/mol. The highest BCUT2D eigenvalue weighted by Crippen LogP contribution is 2.22. The van der Waals surface area contributed by atoms with E-state index in [9.17, 15) is 13.2 Å². The molecule has 1 rings (SSSR count). The van der Waals surface area contributed by atoms with Gasteiger partial charge in [0, 0.05) is 25.1 Å². The van der Waals surface area contributed by atoms with Crippen molar-refractivity contribution in [3.63, 3.8) is 0 Å². The van der Waals surface area contributed by atoms with Gasteiger partial charge in [0.25, 0.3) is 0 Å². The van der Waals surface area contributed by atoms with Crippen LogP contribution in [0.2, 0.25) is 0 Å². The number of carbonyl (C=O) groups is 1. The molecule has 4 N–H and O–H groups in total. The number of nitrogens with one attached hydrogen (secondary N) is 2. The minimum absolute atomic E-state index is 0. The number of sulfonamides is 1. The zero-order chi connectivity index (χ0) is 17.3. The van der Waals surface area contributed by atoms with Crippen molar-refractivity contribution in [2.75, 3.05) is 20.2 Å². The standard InChI is InChI=1S/C15H25N3O4S.ClH/c1-3-15(19)17-11-12-10-13(6-7-14(12)22-2)23(20,21)18-9-5-4-8-16;/h6-7,10,18H,3-5,8-9,11,16H2,1-2H3,(H,17,19);1H. The van der Waals surface area contributed by atoms with Gasteiger partial charge in [-0.3, -0.25) is 4.79 Å². The monoisotopic (exact) mass is 379 g/mol. The molecule has 1 aromatic carbocycles. The van der Waals surface area contributed by atoms with Crippen LogP contribution in [-0.2, 0) is 21.4 Å². The lowest BCUT2D eigenvalue weighted by atomic mass is 10.2. The van der Waals surface area contributed by atoms with E-state index in [4.69, 9.17) is 10.5 Å². The molecule has 9 heteroatoms. The summed E-state index contributed by atoms with van der Waals surface area (Å²) in [5.41, 5.74) is 6.00. The van der Waals surface area contributed by atoms with Crippen LogP contribution in [0.1, 0.15) is 31.7 Å². The van der Waals surface area contributed by atoms with Gasteiger partial charge >= 0.3 is 0 Å². The molecule has 0 heterocycles. The van der Waals surface area contributed by atoms with Crippen molar-refractivity contribution in [2.24, 2.45) is 5.73 Å². The number of carbonyl (C=O) groups excluding carboxylic acids is 1. The van der Waals surface area contributed by atoms with E-state index in [-0.39, 0.29) is 29.8 Å². The van der Waals surface area contributed by atoms with Crippen molar-refractivity contribution in [3.8, 4) is 5.75 Å².